The zero-order chi connectivity index (χ0) is 14.8. The van der Waals surface area contributed by atoms with Gasteiger partial charge in [-0.15, -0.1) is 0 Å². The first-order valence-electron chi connectivity index (χ1n) is 7.18. The van der Waals surface area contributed by atoms with Crippen molar-refractivity contribution in [3.8, 4) is 17.0 Å². The van der Waals surface area contributed by atoms with Gasteiger partial charge < -0.3 is 10.1 Å². The molecule has 0 radical (unpaired) electrons. The molecule has 1 saturated carbocycles. The van der Waals surface area contributed by atoms with Crippen molar-refractivity contribution in [2.24, 2.45) is 0 Å². The number of methoxy groups -OCH3 is 1. The maximum absolute atomic E-state index is 14.4. The molecule has 5 heteroatoms. The Balaban J connectivity index is 2.08. The number of nitrogens with one attached hydrogen (secondary N) is 1. The largest absolute Gasteiger partial charge is 0.494 e. The van der Waals surface area contributed by atoms with Crippen molar-refractivity contribution in [1.82, 2.24) is 9.97 Å². The van der Waals surface area contributed by atoms with E-state index in [4.69, 9.17) is 4.74 Å². The summed E-state index contributed by atoms with van der Waals surface area (Å²) in [6.45, 7) is 2.77. The Bertz CT molecular complexity index is 656. The van der Waals surface area contributed by atoms with Crippen LogP contribution >= 0.6 is 0 Å². The van der Waals surface area contributed by atoms with Crippen LogP contribution in [0.3, 0.4) is 0 Å². The fourth-order valence-electron chi connectivity index (χ4n) is 2.27. The maximum atomic E-state index is 14.4. The summed E-state index contributed by atoms with van der Waals surface area (Å²) in [4.78, 5) is 9.04. The van der Waals surface area contributed by atoms with Crippen molar-refractivity contribution in [3.63, 3.8) is 0 Å². The smallest absolute Gasteiger partial charge is 0.174 e. The van der Waals surface area contributed by atoms with Gasteiger partial charge in [0.15, 0.2) is 11.6 Å². The van der Waals surface area contributed by atoms with Crippen molar-refractivity contribution >= 4 is 5.82 Å². The number of aromatic nitrogens is 2. The van der Waals surface area contributed by atoms with E-state index in [-0.39, 0.29) is 11.6 Å². The highest BCUT2D eigenvalue weighted by Crippen LogP contribution is 2.39. The number of hydrogen-bond acceptors (Lipinski definition) is 4. The van der Waals surface area contributed by atoms with Crippen LogP contribution in [0.15, 0.2) is 24.3 Å². The Hall–Kier alpha value is -2.17. The van der Waals surface area contributed by atoms with Crippen LogP contribution in [0.25, 0.3) is 11.3 Å². The third kappa shape index (κ3) is 2.82. The third-order valence-electron chi connectivity index (χ3n) is 3.50. The van der Waals surface area contributed by atoms with Crippen LogP contribution in [0.2, 0.25) is 0 Å². The normalized spacial score (nSPS) is 14.0. The Morgan fingerprint density at radius 3 is 2.81 bits per heavy atom. The zero-order valence-corrected chi connectivity index (χ0v) is 12.2. The SMILES string of the molecule is CCNc1cc(-c2cccc(OC)c2F)nc(C2CC2)n1. The molecule has 1 heterocycles. The Morgan fingerprint density at radius 1 is 1.33 bits per heavy atom. The van der Waals surface area contributed by atoms with E-state index >= 15 is 0 Å². The van der Waals surface area contributed by atoms with Gasteiger partial charge in [-0.1, -0.05) is 6.07 Å². The molecule has 2 aromatic rings. The molecule has 110 valence electrons. The van der Waals surface area contributed by atoms with Crippen molar-refractivity contribution in [2.75, 3.05) is 19.0 Å². The minimum Gasteiger partial charge on any atom is -0.494 e. The number of ether oxygens (including phenoxy) is 1. The van der Waals surface area contributed by atoms with Gasteiger partial charge in [0, 0.05) is 24.1 Å². The van der Waals surface area contributed by atoms with E-state index in [0.29, 0.717) is 17.2 Å². The summed E-state index contributed by atoms with van der Waals surface area (Å²) >= 11 is 0. The molecule has 0 saturated heterocycles. The van der Waals surface area contributed by atoms with Crippen LogP contribution in [-0.4, -0.2) is 23.6 Å². The summed E-state index contributed by atoms with van der Waals surface area (Å²) in [6, 6.07) is 6.87. The summed E-state index contributed by atoms with van der Waals surface area (Å²) in [5.41, 5.74) is 1.04. The van der Waals surface area contributed by atoms with E-state index < -0.39 is 0 Å². The van der Waals surface area contributed by atoms with E-state index in [1.807, 2.05) is 6.92 Å². The molecular weight excluding hydrogens is 269 g/mol. The standard InChI is InChI=1S/C16H18FN3O/c1-3-18-14-9-12(19-16(20-14)10-7-8-10)11-5-4-6-13(21-2)15(11)17/h4-6,9-10H,3,7-8H2,1-2H3,(H,18,19,20). The summed E-state index contributed by atoms with van der Waals surface area (Å²) in [6.07, 6.45) is 2.21. The summed E-state index contributed by atoms with van der Waals surface area (Å²) in [5, 5.41) is 3.18. The highest BCUT2D eigenvalue weighted by atomic mass is 19.1. The summed E-state index contributed by atoms with van der Waals surface area (Å²) < 4.78 is 19.5. The van der Waals surface area contributed by atoms with Crippen molar-refractivity contribution < 1.29 is 9.13 Å². The Morgan fingerprint density at radius 2 is 2.14 bits per heavy atom. The number of rotatable bonds is 5. The van der Waals surface area contributed by atoms with E-state index in [2.05, 4.69) is 15.3 Å². The van der Waals surface area contributed by atoms with Crippen LogP contribution in [0.5, 0.6) is 5.75 Å². The van der Waals surface area contributed by atoms with E-state index in [1.54, 1.807) is 24.3 Å². The first kappa shape index (κ1) is 13.8. The van der Waals surface area contributed by atoms with Gasteiger partial charge >= 0.3 is 0 Å². The monoisotopic (exact) mass is 287 g/mol. The number of anilines is 1. The molecule has 1 N–H and O–H groups in total. The molecule has 1 fully saturated rings. The van der Waals surface area contributed by atoms with Gasteiger partial charge in [-0.05, 0) is 31.9 Å². The second-order valence-electron chi connectivity index (χ2n) is 5.12. The molecule has 1 aromatic heterocycles. The van der Waals surface area contributed by atoms with E-state index in [1.165, 1.54) is 7.11 Å². The summed E-state index contributed by atoms with van der Waals surface area (Å²) in [5.74, 6) is 1.79. The van der Waals surface area contributed by atoms with Gasteiger partial charge in [0.2, 0.25) is 0 Å². The summed E-state index contributed by atoms with van der Waals surface area (Å²) in [7, 11) is 1.46. The predicted molar refractivity (Wildman–Crippen MR) is 80.1 cm³/mol. The Kier molecular flexibility index (Phi) is 3.73. The molecule has 0 aliphatic heterocycles. The molecule has 0 atom stereocenters. The molecule has 3 rings (SSSR count). The second-order valence-corrected chi connectivity index (χ2v) is 5.12. The highest BCUT2D eigenvalue weighted by Gasteiger charge is 2.28. The van der Waals surface area contributed by atoms with Crippen LogP contribution in [-0.2, 0) is 0 Å². The third-order valence-corrected chi connectivity index (χ3v) is 3.50. The topological polar surface area (TPSA) is 47.0 Å². The average Bonchev–Trinajstić information content (AvgIpc) is 3.32. The molecule has 1 aliphatic rings. The quantitative estimate of drug-likeness (QED) is 0.912. The van der Waals surface area contributed by atoms with Gasteiger partial charge in [0.05, 0.1) is 12.8 Å². The van der Waals surface area contributed by atoms with Crippen LogP contribution < -0.4 is 10.1 Å². The molecule has 0 amide bonds. The van der Waals surface area contributed by atoms with E-state index in [0.717, 1.165) is 31.0 Å². The second kappa shape index (κ2) is 5.68. The van der Waals surface area contributed by atoms with Gasteiger partial charge in [0.1, 0.15) is 11.6 Å². The fourth-order valence-corrected chi connectivity index (χ4v) is 2.27. The van der Waals surface area contributed by atoms with Crippen molar-refractivity contribution in [1.29, 1.82) is 0 Å². The maximum Gasteiger partial charge on any atom is 0.174 e. The minimum absolute atomic E-state index is 0.226. The van der Waals surface area contributed by atoms with Crippen molar-refractivity contribution in [2.45, 2.75) is 25.7 Å². The zero-order valence-electron chi connectivity index (χ0n) is 12.2. The first-order chi connectivity index (χ1) is 10.2. The van der Waals surface area contributed by atoms with Crippen LogP contribution in [0.1, 0.15) is 31.5 Å². The lowest BCUT2D eigenvalue weighted by molar-refractivity contribution is 0.387. The fraction of sp³-hybridized carbons (Fsp3) is 0.375. The average molecular weight is 287 g/mol. The molecule has 1 aromatic carbocycles. The number of benzene rings is 1. The Labute approximate surface area is 123 Å². The lowest BCUT2D eigenvalue weighted by Gasteiger charge is -2.10. The number of nitrogens with zero attached hydrogens (tertiary/aromatic N) is 2. The lowest BCUT2D eigenvalue weighted by Crippen LogP contribution is -2.04. The molecule has 1 aliphatic carbocycles. The van der Waals surface area contributed by atoms with Gasteiger partial charge in [-0.25, -0.2) is 14.4 Å². The molecular formula is C16H18FN3O. The van der Waals surface area contributed by atoms with E-state index in [9.17, 15) is 4.39 Å². The highest BCUT2D eigenvalue weighted by molar-refractivity contribution is 5.65. The molecule has 0 bridgehead atoms. The minimum atomic E-state index is -0.386. The number of hydrogen-bond donors (Lipinski definition) is 1. The van der Waals surface area contributed by atoms with Crippen LogP contribution in [0, 0.1) is 5.82 Å². The van der Waals surface area contributed by atoms with Gasteiger partial charge in [-0.3, -0.25) is 0 Å². The van der Waals surface area contributed by atoms with Crippen molar-refractivity contribution in [3.05, 3.63) is 35.9 Å². The van der Waals surface area contributed by atoms with Gasteiger partial charge in [0.25, 0.3) is 0 Å². The lowest BCUT2D eigenvalue weighted by atomic mass is 10.1. The number of halogens is 1. The molecule has 4 nitrogen and oxygen atoms in total. The van der Waals surface area contributed by atoms with Crippen LogP contribution in [0.4, 0.5) is 10.2 Å². The predicted octanol–water partition coefficient (Wildman–Crippen LogP) is 3.60. The first-order valence-corrected chi connectivity index (χ1v) is 7.18. The molecule has 0 unspecified atom stereocenters. The molecule has 0 spiro atoms. The molecule has 21 heavy (non-hydrogen) atoms. The van der Waals surface area contributed by atoms with Gasteiger partial charge in [-0.2, -0.15) is 0 Å².